The number of ether oxygens (including phenoxy) is 3. The molecule has 4 heterocycles. The van der Waals surface area contributed by atoms with Crippen LogP contribution in [0.1, 0.15) is 32.0 Å². The van der Waals surface area contributed by atoms with Crippen molar-refractivity contribution in [3.05, 3.63) is 51.1 Å². The molecule has 11 nitrogen and oxygen atoms in total. The molecule has 2 aliphatic heterocycles. The number of carbonyl (C=O) groups excluding carboxylic acids is 1. The SMILES string of the molecule is Cc1ccnn1CCC(=O)NC[C@H]1OC[C@@H](n2ccc(=O)[nH]c2=O)[C@@H]2OC(C)(C)O[C@@H]21. The van der Waals surface area contributed by atoms with E-state index in [9.17, 15) is 14.4 Å². The van der Waals surface area contributed by atoms with E-state index >= 15 is 0 Å². The van der Waals surface area contributed by atoms with E-state index in [2.05, 4.69) is 15.4 Å². The summed E-state index contributed by atoms with van der Waals surface area (Å²) >= 11 is 0. The van der Waals surface area contributed by atoms with Gasteiger partial charge in [0.1, 0.15) is 18.3 Å². The van der Waals surface area contributed by atoms with E-state index in [-0.39, 0.29) is 19.1 Å². The topological polar surface area (TPSA) is 129 Å². The molecular weight excluding hydrogens is 406 g/mol. The fraction of sp³-hybridized carbons (Fsp3) is 0.600. The fourth-order valence-corrected chi connectivity index (χ4v) is 4.06. The van der Waals surface area contributed by atoms with Crippen molar-refractivity contribution in [1.29, 1.82) is 0 Å². The van der Waals surface area contributed by atoms with Crippen molar-refractivity contribution >= 4 is 5.91 Å². The van der Waals surface area contributed by atoms with Gasteiger partial charge in [0, 0.05) is 43.7 Å². The summed E-state index contributed by atoms with van der Waals surface area (Å²) in [6, 6.07) is 2.70. The summed E-state index contributed by atoms with van der Waals surface area (Å²) in [7, 11) is 0. The number of hydrogen-bond donors (Lipinski definition) is 2. The first-order chi connectivity index (χ1) is 14.7. The fourth-order valence-electron chi connectivity index (χ4n) is 4.06. The number of aryl methyl sites for hydroxylation is 2. The van der Waals surface area contributed by atoms with Crippen LogP contribution >= 0.6 is 0 Å². The summed E-state index contributed by atoms with van der Waals surface area (Å²) in [6.45, 7) is 6.45. The molecule has 2 aromatic heterocycles. The number of rotatable bonds is 6. The zero-order valence-corrected chi connectivity index (χ0v) is 17.7. The number of nitrogens with zero attached hydrogens (tertiary/aromatic N) is 3. The first kappa shape index (κ1) is 21.5. The molecule has 0 aliphatic carbocycles. The molecule has 1 amide bonds. The third-order valence-electron chi connectivity index (χ3n) is 5.58. The average Bonchev–Trinajstić information content (AvgIpc) is 3.26. The molecule has 0 aromatic carbocycles. The minimum Gasteiger partial charge on any atom is -0.371 e. The van der Waals surface area contributed by atoms with E-state index in [0.717, 1.165) is 5.69 Å². The van der Waals surface area contributed by atoms with E-state index in [1.165, 1.54) is 16.8 Å². The highest BCUT2D eigenvalue weighted by atomic mass is 16.8. The third kappa shape index (κ3) is 4.63. The van der Waals surface area contributed by atoms with Crippen LogP contribution in [-0.4, -0.2) is 62.5 Å². The van der Waals surface area contributed by atoms with Gasteiger partial charge in [-0.05, 0) is 26.8 Å². The Kier molecular flexibility index (Phi) is 5.82. The standard InChI is InChI=1S/C20H27N5O6/c1-12-4-7-22-25(12)9-6-15(26)21-10-14-18-17(30-20(2,3)31-18)13(11-29-14)24-8-5-16(27)23-19(24)28/h4-5,7-8,13-14,17-18H,6,9-11H2,1-3H3,(H,21,26)(H,23,27,28)/t13-,14-,17+,18-/m1/s1. The van der Waals surface area contributed by atoms with Crippen molar-refractivity contribution in [2.45, 2.75) is 63.9 Å². The zero-order valence-electron chi connectivity index (χ0n) is 17.7. The second-order valence-electron chi connectivity index (χ2n) is 8.27. The van der Waals surface area contributed by atoms with Gasteiger partial charge in [-0.2, -0.15) is 5.10 Å². The number of H-pyrrole nitrogens is 1. The van der Waals surface area contributed by atoms with Gasteiger partial charge in [0.25, 0.3) is 5.56 Å². The van der Waals surface area contributed by atoms with Crippen molar-refractivity contribution < 1.29 is 19.0 Å². The lowest BCUT2D eigenvalue weighted by atomic mass is 9.97. The second-order valence-corrected chi connectivity index (χ2v) is 8.27. The molecule has 4 atom stereocenters. The number of nitrogens with one attached hydrogen (secondary N) is 2. The summed E-state index contributed by atoms with van der Waals surface area (Å²) in [5.74, 6) is -0.986. The third-order valence-corrected chi connectivity index (χ3v) is 5.58. The minimum atomic E-state index is -0.868. The van der Waals surface area contributed by atoms with Gasteiger partial charge < -0.3 is 19.5 Å². The zero-order chi connectivity index (χ0) is 22.2. The Morgan fingerprint density at radius 3 is 2.77 bits per heavy atom. The van der Waals surface area contributed by atoms with Crippen LogP contribution in [0.15, 0.2) is 34.1 Å². The Morgan fingerprint density at radius 1 is 1.29 bits per heavy atom. The van der Waals surface area contributed by atoms with Crippen LogP contribution in [0.5, 0.6) is 0 Å². The molecule has 2 aliphatic rings. The predicted octanol–water partition coefficient (Wildman–Crippen LogP) is -0.292. The molecule has 31 heavy (non-hydrogen) atoms. The second kappa shape index (κ2) is 8.40. The van der Waals surface area contributed by atoms with Crippen LogP contribution in [0.2, 0.25) is 0 Å². The molecule has 0 unspecified atom stereocenters. The quantitative estimate of drug-likeness (QED) is 0.640. The lowest BCUT2D eigenvalue weighted by molar-refractivity contribution is -0.153. The lowest BCUT2D eigenvalue weighted by Gasteiger charge is -2.37. The van der Waals surface area contributed by atoms with Crippen LogP contribution in [0, 0.1) is 6.92 Å². The summed E-state index contributed by atoms with van der Waals surface area (Å²) in [5.41, 5.74) is -0.00769. The van der Waals surface area contributed by atoms with Crippen LogP contribution in [-0.2, 0) is 25.5 Å². The van der Waals surface area contributed by atoms with Gasteiger partial charge >= 0.3 is 5.69 Å². The predicted molar refractivity (Wildman–Crippen MR) is 109 cm³/mol. The molecule has 0 bridgehead atoms. The highest BCUT2D eigenvalue weighted by Gasteiger charge is 2.52. The number of carbonyl (C=O) groups is 1. The Hall–Kier alpha value is -2.76. The van der Waals surface area contributed by atoms with Crippen LogP contribution < -0.4 is 16.6 Å². The number of aromatic amines is 1. The van der Waals surface area contributed by atoms with Crippen molar-refractivity contribution in [2.24, 2.45) is 0 Å². The molecule has 0 saturated carbocycles. The first-order valence-electron chi connectivity index (χ1n) is 10.3. The largest absolute Gasteiger partial charge is 0.371 e. The molecule has 4 rings (SSSR count). The van der Waals surface area contributed by atoms with Gasteiger partial charge in [0.05, 0.1) is 12.6 Å². The van der Waals surface area contributed by atoms with E-state index < -0.39 is 41.4 Å². The molecule has 0 spiro atoms. The molecule has 2 aromatic rings. The smallest absolute Gasteiger partial charge is 0.328 e. The van der Waals surface area contributed by atoms with Crippen molar-refractivity contribution in [2.75, 3.05) is 13.2 Å². The summed E-state index contributed by atoms with van der Waals surface area (Å²) in [4.78, 5) is 38.2. The van der Waals surface area contributed by atoms with E-state index in [1.807, 2.05) is 13.0 Å². The van der Waals surface area contributed by atoms with Crippen LogP contribution in [0.4, 0.5) is 0 Å². The maximum Gasteiger partial charge on any atom is 0.328 e. The van der Waals surface area contributed by atoms with Crippen molar-refractivity contribution in [1.82, 2.24) is 24.6 Å². The number of fused-ring (bicyclic) bond motifs is 1. The van der Waals surface area contributed by atoms with E-state index in [0.29, 0.717) is 13.0 Å². The Balaban J connectivity index is 1.41. The molecule has 2 fully saturated rings. The number of aromatic nitrogens is 4. The lowest BCUT2D eigenvalue weighted by Crippen LogP contribution is -2.54. The summed E-state index contributed by atoms with van der Waals surface area (Å²) < 4.78 is 21.3. The van der Waals surface area contributed by atoms with E-state index in [1.54, 1.807) is 24.7 Å². The van der Waals surface area contributed by atoms with Gasteiger partial charge in [-0.1, -0.05) is 0 Å². The Morgan fingerprint density at radius 2 is 2.06 bits per heavy atom. The van der Waals surface area contributed by atoms with E-state index in [4.69, 9.17) is 14.2 Å². The molecular formula is C20H27N5O6. The normalized spacial score (nSPS) is 27.1. The van der Waals surface area contributed by atoms with Crippen LogP contribution in [0.25, 0.3) is 0 Å². The minimum absolute atomic E-state index is 0.118. The Labute approximate surface area is 178 Å². The van der Waals surface area contributed by atoms with Gasteiger partial charge in [-0.15, -0.1) is 0 Å². The van der Waals surface area contributed by atoms with Crippen LogP contribution in [0.3, 0.4) is 0 Å². The number of amides is 1. The van der Waals surface area contributed by atoms with Crippen molar-refractivity contribution in [3.63, 3.8) is 0 Å². The van der Waals surface area contributed by atoms with Gasteiger partial charge in [-0.25, -0.2) is 4.79 Å². The number of hydrogen-bond acceptors (Lipinski definition) is 7. The van der Waals surface area contributed by atoms with Gasteiger partial charge in [0.2, 0.25) is 5.91 Å². The maximum absolute atomic E-state index is 12.3. The summed E-state index contributed by atoms with van der Waals surface area (Å²) in [5, 5.41) is 7.06. The van der Waals surface area contributed by atoms with Crippen molar-refractivity contribution in [3.8, 4) is 0 Å². The summed E-state index contributed by atoms with van der Waals surface area (Å²) in [6.07, 6.45) is 2.04. The molecule has 11 heteroatoms. The molecule has 2 saturated heterocycles. The molecule has 168 valence electrons. The Bertz CT molecular complexity index is 1060. The average molecular weight is 433 g/mol. The van der Waals surface area contributed by atoms with Gasteiger partial charge in [0.15, 0.2) is 5.79 Å². The highest BCUT2D eigenvalue weighted by molar-refractivity contribution is 5.75. The molecule has 0 radical (unpaired) electrons. The maximum atomic E-state index is 12.3. The highest BCUT2D eigenvalue weighted by Crippen LogP contribution is 2.39. The monoisotopic (exact) mass is 433 g/mol. The van der Waals surface area contributed by atoms with Gasteiger partial charge in [-0.3, -0.25) is 23.8 Å². The first-order valence-corrected chi connectivity index (χ1v) is 10.3. The molecule has 2 N–H and O–H groups in total.